The molecule has 0 N–H and O–H groups in total. The normalized spacial score (nSPS) is 14.2. The van der Waals surface area contributed by atoms with E-state index in [1.54, 1.807) is 0 Å². The summed E-state index contributed by atoms with van der Waals surface area (Å²) in [7, 11) is 0. The molecule has 0 bridgehead atoms. The van der Waals surface area contributed by atoms with Gasteiger partial charge in [0.1, 0.15) is 0 Å². The first kappa shape index (κ1) is 12.1. The van der Waals surface area contributed by atoms with E-state index in [9.17, 15) is 5.26 Å². The molecule has 0 aliphatic rings. The number of benzene rings is 1. The van der Waals surface area contributed by atoms with Crippen LogP contribution in [0.1, 0.15) is 31.7 Å². The molecule has 1 aromatic rings. The molecular weight excluding hydrogens is 206 g/mol. The first-order chi connectivity index (χ1) is 7.29. The van der Waals surface area contributed by atoms with Gasteiger partial charge in [-0.3, -0.25) is 0 Å². The van der Waals surface area contributed by atoms with Gasteiger partial charge in [-0.25, -0.2) is 0 Å². The van der Waals surface area contributed by atoms with Crippen molar-refractivity contribution in [2.24, 2.45) is 0 Å². The third-order valence-electron chi connectivity index (χ3n) is 2.74. The van der Waals surface area contributed by atoms with Gasteiger partial charge in [-0.15, -0.1) is 11.6 Å². The highest BCUT2D eigenvalue weighted by atomic mass is 35.5. The van der Waals surface area contributed by atoms with Crippen molar-refractivity contribution in [1.82, 2.24) is 0 Å². The van der Waals surface area contributed by atoms with Gasteiger partial charge in [0.05, 0.1) is 11.5 Å². The lowest BCUT2D eigenvalue weighted by Gasteiger charge is -2.25. The zero-order valence-electron chi connectivity index (χ0n) is 9.04. The van der Waals surface area contributed by atoms with Crippen LogP contribution in [0.25, 0.3) is 0 Å². The Bertz CT molecular complexity index is 320. The first-order valence-electron chi connectivity index (χ1n) is 5.32. The maximum Gasteiger partial charge on any atom is 0.0833 e. The molecule has 2 heteroatoms. The SMILES string of the molecule is CCCC(C#N)(CCCl)c1ccccc1. The Morgan fingerprint density at radius 1 is 1.27 bits per heavy atom. The summed E-state index contributed by atoms with van der Waals surface area (Å²) in [5.74, 6) is 0.530. The number of nitriles is 1. The quantitative estimate of drug-likeness (QED) is 0.693. The molecule has 80 valence electrons. The van der Waals surface area contributed by atoms with Crippen LogP contribution in [0.5, 0.6) is 0 Å². The van der Waals surface area contributed by atoms with Crippen LogP contribution in [0.3, 0.4) is 0 Å². The van der Waals surface area contributed by atoms with Crippen molar-refractivity contribution in [3.05, 3.63) is 35.9 Å². The predicted octanol–water partition coefficient (Wildman–Crippen LogP) is 3.88. The van der Waals surface area contributed by atoms with Crippen LogP contribution in [-0.2, 0) is 5.41 Å². The largest absolute Gasteiger partial charge is 0.197 e. The second-order valence-corrected chi connectivity index (χ2v) is 4.13. The Morgan fingerprint density at radius 3 is 2.40 bits per heavy atom. The third kappa shape index (κ3) is 2.73. The minimum absolute atomic E-state index is 0.391. The molecule has 1 aromatic carbocycles. The van der Waals surface area contributed by atoms with Crippen molar-refractivity contribution >= 4 is 11.6 Å². The van der Waals surface area contributed by atoms with Gasteiger partial charge in [-0.1, -0.05) is 43.7 Å². The molecule has 1 atom stereocenters. The summed E-state index contributed by atoms with van der Waals surface area (Å²) in [5.41, 5.74) is 0.701. The molecule has 0 saturated carbocycles. The molecule has 0 fully saturated rings. The van der Waals surface area contributed by atoms with Gasteiger partial charge in [0.2, 0.25) is 0 Å². The van der Waals surface area contributed by atoms with E-state index in [0.29, 0.717) is 5.88 Å². The van der Waals surface area contributed by atoms with Crippen molar-refractivity contribution in [3.63, 3.8) is 0 Å². The molecular formula is C13H16ClN. The van der Waals surface area contributed by atoms with Crippen molar-refractivity contribution in [1.29, 1.82) is 5.26 Å². The molecule has 0 spiro atoms. The van der Waals surface area contributed by atoms with Gasteiger partial charge in [0.25, 0.3) is 0 Å². The number of rotatable bonds is 5. The lowest BCUT2D eigenvalue weighted by atomic mass is 9.76. The lowest BCUT2D eigenvalue weighted by molar-refractivity contribution is 0.482. The van der Waals surface area contributed by atoms with Crippen LogP contribution in [0.2, 0.25) is 0 Å². The van der Waals surface area contributed by atoms with E-state index >= 15 is 0 Å². The van der Waals surface area contributed by atoms with Gasteiger partial charge in [0, 0.05) is 5.88 Å². The van der Waals surface area contributed by atoms with Gasteiger partial charge >= 0.3 is 0 Å². The minimum Gasteiger partial charge on any atom is -0.197 e. The van der Waals surface area contributed by atoms with Gasteiger partial charge in [-0.2, -0.15) is 5.26 Å². The molecule has 0 aliphatic heterocycles. The second-order valence-electron chi connectivity index (χ2n) is 3.75. The topological polar surface area (TPSA) is 23.8 Å². The minimum atomic E-state index is -0.391. The highest BCUT2D eigenvalue weighted by molar-refractivity contribution is 6.17. The zero-order chi connectivity index (χ0) is 11.1. The van der Waals surface area contributed by atoms with E-state index in [4.69, 9.17) is 11.6 Å². The summed E-state index contributed by atoms with van der Waals surface area (Å²) < 4.78 is 0. The Morgan fingerprint density at radius 2 is 1.93 bits per heavy atom. The lowest BCUT2D eigenvalue weighted by Crippen LogP contribution is -2.24. The van der Waals surface area contributed by atoms with E-state index in [1.165, 1.54) is 0 Å². The number of hydrogen-bond acceptors (Lipinski definition) is 1. The van der Waals surface area contributed by atoms with Crippen LogP contribution < -0.4 is 0 Å². The predicted molar refractivity (Wildman–Crippen MR) is 64.0 cm³/mol. The Balaban J connectivity index is 3.05. The Labute approximate surface area is 96.7 Å². The van der Waals surface area contributed by atoms with E-state index in [2.05, 4.69) is 13.0 Å². The van der Waals surface area contributed by atoms with Crippen LogP contribution in [0.4, 0.5) is 0 Å². The summed E-state index contributed by atoms with van der Waals surface area (Å²) in [6, 6.07) is 12.4. The van der Waals surface area contributed by atoms with Crippen LogP contribution in [0, 0.1) is 11.3 Å². The number of halogens is 1. The van der Waals surface area contributed by atoms with Crippen molar-refractivity contribution in [3.8, 4) is 6.07 Å². The number of hydrogen-bond donors (Lipinski definition) is 0. The fourth-order valence-corrected chi connectivity index (χ4v) is 2.26. The standard InChI is InChI=1S/C13H16ClN/c1-2-8-13(11-15,9-10-14)12-6-4-3-5-7-12/h3-7H,2,8-10H2,1H3. The second kappa shape index (κ2) is 5.78. The molecule has 0 heterocycles. The van der Waals surface area contributed by atoms with E-state index < -0.39 is 5.41 Å². The van der Waals surface area contributed by atoms with Crippen molar-refractivity contribution < 1.29 is 0 Å². The van der Waals surface area contributed by atoms with E-state index in [0.717, 1.165) is 24.8 Å². The van der Waals surface area contributed by atoms with Crippen LogP contribution in [-0.4, -0.2) is 5.88 Å². The summed E-state index contributed by atoms with van der Waals surface area (Å²) in [5, 5.41) is 9.38. The third-order valence-corrected chi connectivity index (χ3v) is 2.93. The summed E-state index contributed by atoms with van der Waals surface area (Å²) in [6.07, 6.45) is 2.60. The van der Waals surface area contributed by atoms with Gasteiger partial charge < -0.3 is 0 Å². The van der Waals surface area contributed by atoms with Crippen LogP contribution in [0.15, 0.2) is 30.3 Å². The highest BCUT2D eigenvalue weighted by Gasteiger charge is 2.30. The summed E-state index contributed by atoms with van der Waals surface area (Å²) in [6.45, 7) is 2.10. The maximum absolute atomic E-state index is 9.38. The Hall–Kier alpha value is -1.00. The average Bonchev–Trinajstić information content (AvgIpc) is 2.30. The van der Waals surface area contributed by atoms with Gasteiger partial charge in [0.15, 0.2) is 0 Å². The van der Waals surface area contributed by atoms with E-state index in [-0.39, 0.29) is 0 Å². The average molecular weight is 222 g/mol. The molecule has 0 aliphatic carbocycles. The van der Waals surface area contributed by atoms with E-state index in [1.807, 2.05) is 30.3 Å². The molecule has 1 nitrogen and oxygen atoms in total. The number of alkyl halides is 1. The van der Waals surface area contributed by atoms with Gasteiger partial charge in [-0.05, 0) is 18.4 Å². The fourth-order valence-electron chi connectivity index (χ4n) is 1.94. The molecule has 0 radical (unpaired) electrons. The molecule has 1 rings (SSSR count). The summed E-state index contributed by atoms with van der Waals surface area (Å²) in [4.78, 5) is 0. The monoisotopic (exact) mass is 221 g/mol. The molecule has 0 saturated heterocycles. The summed E-state index contributed by atoms with van der Waals surface area (Å²) >= 11 is 5.80. The fraction of sp³-hybridized carbons (Fsp3) is 0.462. The molecule has 0 aromatic heterocycles. The molecule has 15 heavy (non-hydrogen) atoms. The molecule has 0 amide bonds. The Kier molecular flexibility index (Phi) is 4.65. The zero-order valence-corrected chi connectivity index (χ0v) is 9.80. The maximum atomic E-state index is 9.38. The van der Waals surface area contributed by atoms with Crippen LogP contribution >= 0.6 is 11.6 Å². The van der Waals surface area contributed by atoms with Crippen molar-refractivity contribution in [2.75, 3.05) is 5.88 Å². The highest BCUT2D eigenvalue weighted by Crippen LogP contribution is 2.32. The van der Waals surface area contributed by atoms with Crippen molar-refractivity contribution in [2.45, 2.75) is 31.6 Å². The smallest absolute Gasteiger partial charge is 0.0833 e. The first-order valence-corrected chi connectivity index (χ1v) is 5.85. The number of nitrogens with zero attached hydrogens (tertiary/aromatic N) is 1. The molecule has 1 unspecified atom stereocenters.